The van der Waals surface area contributed by atoms with E-state index in [2.05, 4.69) is 17.4 Å². The molecule has 3 fully saturated rings. The molecule has 5 heteroatoms. The summed E-state index contributed by atoms with van der Waals surface area (Å²) in [6.07, 6.45) is 3.29. The first-order chi connectivity index (χ1) is 11.7. The van der Waals surface area contributed by atoms with Gasteiger partial charge < -0.3 is 15.0 Å². The van der Waals surface area contributed by atoms with Crippen molar-refractivity contribution < 1.29 is 14.3 Å². The molecule has 5 nitrogen and oxygen atoms in total. The predicted molar refractivity (Wildman–Crippen MR) is 89.4 cm³/mol. The Kier molecular flexibility index (Phi) is 4.27. The molecule has 4 rings (SSSR count). The fraction of sp³-hybridized carbons (Fsp3) is 0.579. The third kappa shape index (κ3) is 3.18. The van der Waals surface area contributed by atoms with Crippen LogP contribution < -0.4 is 5.32 Å². The van der Waals surface area contributed by atoms with E-state index in [0.717, 1.165) is 25.9 Å². The van der Waals surface area contributed by atoms with E-state index < -0.39 is 0 Å². The van der Waals surface area contributed by atoms with Gasteiger partial charge in [0.2, 0.25) is 11.8 Å². The molecule has 0 radical (unpaired) electrons. The van der Waals surface area contributed by atoms with Gasteiger partial charge in [0.25, 0.3) is 0 Å². The van der Waals surface area contributed by atoms with E-state index in [4.69, 9.17) is 4.74 Å². The summed E-state index contributed by atoms with van der Waals surface area (Å²) >= 11 is 0. The van der Waals surface area contributed by atoms with Crippen LogP contribution in [0.2, 0.25) is 0 Å². The highest BCUT2D eigenvalue weighted by Crippen LogP contribution is 2.45. The third-order valence-electron chi connectivity index (χ3n) is 5.42. The molecular formula is C19H24N2O3. The second kappa shape index (κ2) is 6.55. The number of likely N-dealkylation sites (tertiary alicyclic amines) is 1. The Bertz CT molecular complexity index is 612. The minimum Gasteiger partial charge on any atom is -0.381 e. The number of carbonyl (C=O) groups is 2. The predicted octanol–water partition coefficient (Wildman–Crippen LogP) is 1.69. The summed E-state index contributed by atoms with van der Waals surface area (Å²) in [5.41, 5.74) is 1.31. The Hall–Kier alpha value is -1.88. The van der Waals surface area contributed by atoms with E-state index in [1.165, 1.54) is 5.56 Å². The van der Waals surface area contributed by atoms with E-state index in [1.54, 1.807) is 0 Å². The topological polar surface area (TPSA) is 58.6 Å². The molecule has 1 N–H and O–H groups in total. The number of benzene rings is 1. The minimum absolute atomic E-state index is 0.0461. The van der Waals surface area contributed by atoms with Gasteiger partial charge >= 0.3 is 0 Å². The molecule has 0 spiro atoms. The standard InChI is InChI=1S/C19H24N2O3/c22-18-9-15(20-19(23)14-7-4-8-24-12-14)11-21(18)17-10-16(17)13-5-2-1-3-6-13/h1-3,5-6,14-17H,4,7-12H2,(H,20,23). The van der Waals surface area contributed by atoms with Crippen molar-refractivity contribution in [3.8, 4) is 0 Å². The van der Waals surface area contributed by atoms with Gasteiger partial charge in [0.15, 0.2) is 0 Å². The van der Waals surface area contributed by atoms with Crippen LogP contribution in [0.1, 0.15) is 37.2 Å². The Morgan fingerprint density at radius 2 is 2.08 bits per heavy atom. The molecule has 3 aliphatic rings. The van der Waals surface area contributed by atoms with Gasteiger partial charge in [0, 0.05) is 31.5 Å². The molecule has 1 aromatic carbocycles. The summed E-state index contributed by atoms with van der Waals surface area (Å²) in [5, 5.41) is 3.06. The normalized spacial score (nSPS) is 32.7. The van der Waals surface area contributed by atoms with Crippen LogP contribution in [0.3, 0.4) is 0 Å². The third-order valence-corrected chi connectivity index (χ3v) is 5.42. The van der Waals surface area contributed by atoms with Crippen molar-refractivity contribution in [1.29, 1.82) is 0 Å². The van der Waals surface area contributed by atoms with Crippen LogP contribution in [0, 0.1) is 5.92 Å². The average molecular weight is 328 g/mol. The molecule has 2 aliphatic heterocycles. The highest BCUT2D eigenvalue weighted by molar-refractivity contribution is 5.83. The van der Waals surface area contributed by atoms with Gasteiger partial charge in [-0.3, -0.25) is 9.59 Å². The van der Waals surface area contributed by atoms with E-state index >= 15 is 0 Å². The van der Waals surface area contributed by atoms with E-state index in [0.29, 0.717) is 31.5 Å². The van der Waals surface area contributed by atoms with Crippen LogP contribution in [0.5, 0.6) is 0 Å². The number of carbonyl (C=O) groups excluding carboxylic acids is 2. The van der Waals surface area contributed by atoms with Crippen molar-refractivity contribution in [3.05, 3.63) is 35.9 Å². The van der Waals surface area contributed by atoms with Crippen molar-refractivity contribution in [1.82, 2.24) is 10.2 Å². The Balaban J connectivity index is 1.32. The van der Waals surface area contributed by atoms with Crippen LogP contribution in [-0.4, -0.2) is 48.6 Å². The van der Waals surface area contributed by atoms with Gasteiger partial charge in [-0.05, 0) is 24.8 Å². The maximum Gasteiger partial charge on any atom is 0.225 e. The SMILES string of the molecule is O=C(NC1CC(=O)N(C2CC2c2ccccc2)C1)C1CCCOC1. The summed E-state index contributed by atoms with van der Waals surface area (Å²) in [7, 11) is 0. The van der Waals surface area contributed by atoms with Crippen LogP contribution in [0.4, 0.5) is 0 Å². The van der Waals surface area contributed by atoms with E-state index in [1.807, 2.05) is 23.1 Å². The lowest BCUT2D eigenvalue weighted by molar-refractivity contribution is -0.129. The number of rotatable bonds is 4. The van der Waals surface area contributed by atoms with Crippen LogP contribution in [-0.2, 0) is 14.3 Å². The van der Waals surface area contributed by atoms with Crippen molar-refractivity contribution in [3.63, 3.8) is 0 Å². The molecule has 24 heavy (non-hydrogen) atoms. The van der Waals surface area contributed by atoms with Crippen LogP contribution in [0.15, 0.2) is 30.3 Å². The van der Waals surface area contributed by atoms with Gasteiger partial charge in [0.1, 0.15) is 0 Å². The molecule has 0 bridgehead atoms. The molecule has 1 aromatic rings. The molecule has 128 valence electrons. The maximum absolute atomic E-state index is 12.4. The molecule has 2 amide bonds. The second-order valence-electron chi connectivity index (χ2n) is 7.19. The lowest BCUT2D eigenvalue weighted by atomic mass is 10.0. The Morgan fingerprint density at radius 3 is 2.83 bits per heavy atom. The number of hydrogen-bond donors (Lipinski definition) is 1. The smallest absolute Gasteiger partial charge is 0.225 e. The summed E-state index contributed by atoms with van der Waals surface area (Å²) in [4.78, 5) is 26.6. The van der Waals surface area contributed by atoms with Crippen molar-refractivity contribution in [2.75, 3.05) is 19.8 Å². The zero-order valence-corrected chi connectivity index (χ0v) is 13.8. The molecular weight excluding hydrogens is 304 g/mol. The lowest BCUT2D eigenvalue weighted by Crippen LogP contribution is -2.43. The zero-order valence-electron chi connectivity index (χ0n) is 13.8. The first kappa shape index (κ1) is 15.6. The summed E-state index contributed by atoms with van der Waals surface area (Å²) in [5.74, 6) is 0.616. The number of nitrogens with zero attached hydrogens (tertiary/aromatic N) is 1. The number of nitrogens with one attached hydrogen (secondary N) is 1. The first-order valence-corrected chi connectivity index (χ1v) is 8.95. The molecule has 4 atom stereocenters. The number of amides is 2. The number of ether oxygens (including phenoxy) is 1. The molecule has 2 saturated heterocycles. The monoisotopic (exact) mass is 328 g/mol. The average Bonchev–Trinajstić information content (AvgIpc) is 3.33. The Labute approximate surface area is 142 Å². The fourth-order valence-electron chi connectivity index (χ4n) is 4.00. The van der Waals surface area contributed by atoms with Crippen LogP contribution >= 0.6 is 0 Å². The van der Waals surface area contributed by atoms with E-state index in [9.17, 15) is 9.59 Å². The first-order valence-electron chi connectivity index (χ1n) is 8.95. The molecule has 4 unspecified atom stereocenters. The van der Waals surface area contributed by atoms with Gasteiger partial charge in [-0.1, -0.05) is 30.3 Å². The quantitative estimate of drug-likeness (QED) is 0.915. The Morgan fingerprint density at radius 1 is 1.25 bits per heavy atom. The zero-order chi connectivity index (χ0) is 16.5. The number of hydrogen-bond acceptors (Lipinski definition) is 3. The summed E-state index contributed by atoms with van der Waals surface area (Å²) in [6, 6.07) is 10.6. The molecule has 1 aliphatic carbocycles. The largest absolute Gasteiger partial charge is 0.381 e. The van der Waals surface area contributed by atoms with Crippen LogP contribution in [0.25, 0.3) is 0 Å². The highest BCUT2D eigenvalue weighted by Gasteiger charge is 2.48. The minimum atomic E-state index is -0.0547. The highest BCUT2D eigenvalue weighted by atomic mass is 16.5. The van der Waals surface area contributed by atoms with Gasteiger partial charge in [-0.15, -0.1) is 0 Å². The summed E-state index contributed by atoms with van der Waals surface area (Å²) < 4.78 is 5.38. The van der Waals surface area contributed by atoms with Gasteiger partial charge in [-0.2, -0.15) is 0 Å². The second-order valence-corrected chi connectivity index (χ2v) is 7.19. The van der Waals surface area contributed by atoms with Crippen molar-refractivity contribution in [2.45, 2.75) is 43.7 Å². The van der Waals surface area contributed by atoms with E-state index in [-0.39, 0.29) is 23.8 Å². The van der Waals surface area contributed by atoms with Crippen molar-refractivity contribution in [2.24, 2.45) is 5.92 Å². The maximum atomic E-state index is 12.4. The molecule has 2 heterocycles. The lowest BCUT2D eigenvalue weighted by Gasteiger charge is -2.23. The van der Waals surface area contributed by atoms with Gasteiger partial charge in [-0.25, -0.2) is 0 Å². The fourth-order valence-corrected chi connectivity index (χ4v) is 4.00. The van der Waals surface area contributed by atoms with Gasteiger partial charge in [0.05, 0.1) is 18.6 Å². The summed E-state index contributed by atoms with van der Waals surface area (Å²) in [6.45, 7) is 1.91. The molecule has 0 aromatic heterocycles. The van der Waals surface area contributed by atoms with Crippen molar-refractivity contribution >= 4 is 11.8 Å². The molecule has 1 saturated carbocycles.